The first-order chi connectivity index (χ1) is 20.1. The van der Waals surface area contributed by atoms with Gasteiger partial charge in [-0.2, -0.15) is 5.26 Å². The third-order valence-electron chi connectivity index (χ3n) is 9.64. The number of hydrogen-bond acceptors (Lipinski definition) is 6. The van der Waals surface area contributed by atoms with Gasteiger partial charge in [0.1, 0.15) is 23.5 Å². The number of rotatable bonds is 12. The van der Waals surface area contributed by atoms with Gasteiger partial charge in [0.15, 0.2) is 0 Å². The van der Waals surface area contributed by atoms with Crippen molar-refractivity contribution in [2.45, 2.75) is 70.4 Å². The monoisotopic (exact) mass is 574 g/mol. The average molecular weight is 575 g/mol. The van der Waals surface area contributed by atoms with Crippen LogP contribution in [0.15, 0.2) is 35.4 Å². The molecule has 42 heavy (non-hydrogen) atoms. The van der Waals surface area contributed by atoms with Gasteiger partial charge >= 0.3 is 0 Å². The van der Waals surface area contributed by atoms with Crippen LogP contribution in [0.2, 0.25) is 0 Å². The summed E-state index contributed by atoms with van der Waals surface area (Å²) in [7, 11) is 2.92. The Morgan fingerprint density at radius 3 is 2.57 bits per heavy atom. The molecule has 0 spiro atoms. The molecular formula is C31H38N6O5. The lowest BCUT2D eigenvalue weighted by Gasteiger charge is -2.33. The first kappa shape index (κ1) is 29.3. The van der Waals surface area contributed by atoms with E-state index in [0.717, 1.165) is 30.6 Å². The summed E-state index contributed by atoms with van der Waals surface area (Å²) in [4.78, 5) is 63.5. The molecule has 11 nitrogen and oxygen atoms in total. The number of Topliss-reactive ketones (excluding diaryl/α,β-unsaturated/α-hetero) is 1. The third kappa shape index (κ3) is 5.89. The summed E-state index contributed by atoms with van der Waals surface area (Å²) in [6, 6.07) is 5.35. The van der Waals surface area contributed by atoms with Gasteiger partial charge in [-0.15, -0.1) is 0 Å². The molecule has 11 heteroatoms. The topological polar surface area (TPSA) is 155 Å². The van der Waals surface area contributed by atoms with Crippen LogP contribution in [0.4, 0.5) is 5.69 Å². The summed E-state index contributed by atoms with van der Waals surface area (Å²) in [6.45, 7) is 0.557. The van der Waals surface area contributed by atoms with Gasteiger partial charge in [0.05, 0.1) is 5.56 Å². The van der Waals surface area contributed by atoms with E-state index >= 15 is 0 Å². The molecule has 3 atom stereocenters. The number of carbonyl (C=O) groups excluding carboxylic acids is 4. The van der Waals surface area contributed by atoms with Crippen molar-refractivity contribution in [1.82, 2.24) is 19.8 Å². The minimum absolute atomic E-state index is 0.0732. The van der Waals surface area contributed by atoms with E-state index in [0.29, 0.717) is 12.0 Å². The van der Waals surface area contributed by atoms with E-state index in [2.05, 4.69) is 16.0 Å². The fraction of sp³-hybridized carbons (Fsp3) is 0.548. The van der Waals surface area contributed by atoms with Crippen LogP contribution in [0.1, 0.15) is 73.8 Å². The molecule has 0 aliphatic heterocycles. The van der Waals surface area contributed by atoms with Gasteiger partial charge in [0.2, 0.25) is 11.7 Å². The Kier molecular flexibility index (Phi) is 8.34. The lowest BCUT2D eigenvalue weighted by molar-refractivity contribution is -0.137. The number of amides is 3. The third-order valence-corrected chi connectivity index (χ3v) is 9.64. The molecule has 4 aliphatic rings. The van der Waals surface area contributed by atoms with Gasteiger partial charge in [-0.1, -0.05) is 0 Å². The smallest absolute Gasteiger partial charge is 0.287 e. The van der Waals surface area contributed by atoms with E-state index in [1.54, 1.807) is 23.9 Å². The molecule has 4 saturated carbocycles. The summed E-state index contributed by atoms with van der Waals surface area (Å²) in [5.74, 6) is -0.237. The fourth-order valence-corrected chi connectivity index (χ4v) is 7.88. The Balaban J connectivity index is 1.25. The number of pyridine rings is 1. The van der Waals surface area contributed by atoms with Crippen LogP contribution in [0.5, 0.6) is 0 Å². The molecular weight excluding hydrogens is 536 g/mol. The molecule has 0 saturated heterocycles. The van der Waals surface area contributed by atoms with Crippen molar-refractivity contribution in [3.63, 3.8) is 0 Å². The molecule has 0 radical (unpaired) electrons. The zero-order chi connectivity index (χ0) is 30.0. The van der Waals surface area contributed by atoms with Gasteiger partial charge in [0.25, 0.3) is 17.4 Å². The Bertz CT molecular complexity index is 1490. The van der Waals surface area contributed by atoms with Crippen molar-refractivity contribution in [1.29, 1.82) is 5.26 Å². The van der Waals surface area contributed by atoms with E-state index < -0.39 is 29.5 Å². The first-order valence-corrected chi connectivity index (χ1v) is 14.7. The predicted molar refractivity (Wildman–Crippen MR) is 154 cm³/mol. The quantitative estimate of drug-likeness (QED) is 0.331. The first-order valence-electron chi connectivity index (χ1n) is 14.7. The maximum Gasteiger partial charge on any atom is 0.287 e. The van der Waals surface area contributed by atoms with Crippen LogP contribution in [0.3, 0.4) is 0 Å². The Labute approximate surface area is 244 Å². The van der Waals surface area contributed by atoms with Crippen molar-refractivity contribution in [2.24, 2.45) is 30.2 Å². The number of anilines is 1. The van der Waals surface area contributed by atoms with E-state index in [1.165, 1.54) is 62.0 Å². The highest BCUT2D eigenvalue weighted by atomic mass is 16.2. The number of ketones is 1. The molecule has 2 aromatic heterocycles. The fourth-order valence-electron chi connectivity index (χ4n) is 7.88. The lowest BCUT2D eigenvalue weighted by atomic mass is 9.73. The second kappa shape index (κ2) is 12.0. The van der Waals surface area contributed by atoms with Crippen LogP contribution in [0.25, 0.3) is 0 Å². The summed E-state index contributed by atoms with van der Waals surface area (Å²) in [5, 5.41) is 16.6. The largest absolute Gasteiger partial charge is 0.353 e. The van der Waals surface area contributed by atoms with Crippen LogP contribution in [-0.4, -0.2) is 45.7 Å². The maximum atomic E-state index is 13.3. The number of aromatic nitrogens is 2. The summed E-state index contributed by atoms with van der Waals surface area (Å²) < 4.78 is 3.07. The normalized spacial score (nSPS) is 24.2. The van der Waals surface area contributed by atoms with Gasteiger partial charge in [-0.05, 0) is 92.7 Å². The number of likely N-dealkylation sites (N-methyl/N-ethyl adjacent to an activating group) is 1. The molecule has 4 bridgehead atoms. The zero-order valence-corrected chi connectivity index (χ0v) is 24.2. The molecule has 4 fully saturated rings. The Morgan fingerprint density at radius 1 is 1.17 bits per heavy atom. The molecule has 2 aromatic rings. The highest BCUT2D eigenvalue weighted by Gasteiger charge is 2.56. The van der Waals surface area contributed by atoms with E-state index in [1.807, 2.05) is 6.07 Å². The number of nitrogens with zero attached hydrogens (tertiary/aromatic N) is 3. The standard InChI is InChI=1S/C31H38N6O5/c1-33-29(41)26(38)7-6-23(34-28(40)25-14-21(17-32)18-36(25)2)27(39)35-24-5-3-9-37(30(24)42)10-4-8-31-15-19-11-20(16-31)13-22(31)12-19/h3,5,9,14,18-20,22-23H,4,6-8,10-13,15-16H2,1-2H3,(H,33,41)(H,34,40)(H,35,39)/t19?,20?,22?,23-,31?/m0/s1. The van der Waals surface area contributed by atoms with Gasteiger partial charge in [-0.3, -0.25) is 24.0 Å². The van der Waals surface area contributed by atoms with Crippen LogP contribution < -0.4 is 21.5 Å². The SMILES string of the molecule is CNC(=O)C(=O)CC[C@H](NC(=O)c1cc(C#N)cn1C)C(=O)Nc1cccn(CCCC23CC4CC(CC2C4)C3)c1=O. The van der Waals surface area contributed by atoms with Crippen LogP contribution >= 0.6 is 0 Å². The number of hydrogen-bond donors (Lipinski definition) is 3. The Hall–Kier alpha value is -4.20. The summed E-state index contributed by atoms with van der Waals surface area (Å²) >= 11 is 0. The number of aryl methyl sites for hydroxylation is 2. The van der Waals surface area contributed by atoms with Crippen molar-refractivity contribution in [3.8, 4) is 6.07 Å². The van der Waals surface area contributed by atoms with Gasteiger partial charge < -0.3 is 25.1 Å². The molecule has 3 N–H and O–H groups in total. The van der Waals surface area contributed by atoms with Crippen LogP contribution in [-0.2, 0) is 28.0 Å². The number of nitrogens with one attached hydrogen (secondary N) is 3. The molecule has 2 unspecified atom stereocenters. The Morgan fingerprint density at radius 2 is 1.90 bits per heavy atom. The van der Waals surface area contributed by atoms with Crippen molar-refractivity contribution in [3.05, 3.63) is 52.2 Å². The van der Waals surface area contributed by atoms with Crippen LogP contribution in [0, 0.1) is 34.5 Å². The maximum absolute atomic E-state index is 13.3. The molecule has 222 valence electrons. The zero-order valence-electron chi connectivity index (χ0n) is 24.2. The second-order valence-electron chi connectivity index (χ2n) is 12.3. The van der Waals surface area contributed by atoms with E-state index in [-0.39, 0.29) is 35.3 Å². The number of nitriles is 1. The minimum atomic E-state index is -1.22. The molecule has 2 heterocycles. The summed E-state index contributed by atoms with van der Waals surface area (Å²) in [5.41, 5.74) is 0.605. The van der Waals surface area contributed by atoms with E-state index in [9.17, 15) is 24.0 Å². The number of carbonyl (C=O) groups is 4. The molecule has 0 aromatic carbocycles. The second-order valence-corrected chi connectivity index (χ2v) is 12.3. The van der Waals surface area contributed by atoms with Gasteiger partial charge in [-0.25, -0.2) is 0 Å². The molecule has 3 amide bonds. The predicted octanol–water partition coefficient (Wildman–Crippen LogP) is 2.50. The van der Waals surface area contributed by atoms with E-state index in [4.69, 9.17) is 5.26 Å². The highest BCUT2D eigenvalue weighted by molar-refractivity contribution is 6.36. The minimum Gasteiger partial charge on any atom is -0.353 e. The molecule has 4 aliphatic carbocycles. The lowest BCUT2D eigenvalue weighted by Crippen LogP contribution is -2.45. The highest BCUT2D eigenvalue weighted by Crippen LogP contribution is 2.67. The van der Waals surface area contributed by atoms with Crippen molar-refractivity contribution in [2.75, 3.05) is 12.4 Å². The van der Waals surface area contributed by atoms with Crippen molar-refractivity contribution >= 4 is 29.2 Å². The van der Waals surface area contributed by atoms with Crippen molar-refractivity contribution < 1.29 is 19.2 Å². The average Bonchev–Trinajstić information content (AvgIpc) is 3.55. The molecule has 6 rings (SSSR count). The summed E-state index contributed by atoms with van der Waals surface area (Å²) in [6.07, 6.45) is 11.6. The van der Waals surface area contributed by atoms with Gasteiger partial charge in [0, 0.05) is 39.5 Å².